The first kappa shape index (κ1) is 22.4. The van der Waals surface area contributed by atoms with Crippen LogP contribution in [0.25, 0.3) is 33.5 Å². The van der Waals surface area contributed by atoms with Gasteiger partial charge in [0.25, 0.3) is 0 Å². The van der Waals surface area contributed by atoms with Crippen molar-refractivity contribution in [3.63, 3.8) is 0 Å². The van der Waals surface area contributed by atoms with Gasteiger partial charge in [0.15, 0.2) is 5.82 Å². The molecule has 0 radical (unpaired) electrons. The lowest BCUT2D eigenvalue weighted by molar-refractivity contribution is -0.119. The zero-order valence-corrected chi connectivity index (χ0v) is 19.7. The maximum absolute atomic E-state index is 12.3. The number of hydrogen-bond acceptors (Lipinski definition) is 7. The third-order valence-electron chi connectivity index (χ3n) is 5.85. The molecule has 0 aliphatic carbocycles. The van der Waals surface area contributed by atoms with Crippen LogP contribution in [0.5, 0.6) is 0 Å². The van der Waals surface area contributed by atoms with E-state index in [-0.39, 0.29) is 17.8 Å². The first-order valence-electron chi connectivity index (χ1n) is 11.3. The minimum Gasteiger partial charge on any atom is -0.376 e. The lowest BCUT2D eigenvalue weighted by Gasteiger charge is -2.11. The Hall–Kier alpha value is -3.43. The van der Waals surface area contributed by atoms with Crippen molar-refractivity contribution in [3.8, 4) is 22.6 Å². The first-order chi connectivity index (χ1) is 16.6. The van der Waals surface area contributed by atoms with Gasteiger partial charge in [0.05, 0.1) is 23.1 Å². The number of para-hydroxylation sites is 1. The largest absolute Gasteiger partial charge is 0.376 e. The molecule has 1 aliphatic rings. The average Bonchev–Trinajstić information content (AvgIpc) is 3.51. The molecule has 2 aromatic heterocycles. The van der Waals surface area contributed by atoms with E-state index in [1.54, 1.807) is 0 Å². The highest BCUT2D eigenvalue weighted by Gasteiger charge is 2.19. The second-order valence-electron chi connectivity index (χ2n) is 8.34. The number of fused-ring (bicyclic) bond motifs is 1. The van der Waals surface area contributed by atoms with E-state index in [2.05, 4.69) is 46.7 Å². The molecule has 1 saturated heterocycles. The number of carbonyl (C=O) groups excluding carboxylic acids is 1. The van der Waals surface area contributed by atoms with E-state index in [4.69, 9.17) is 15.6 Å². The normalized spacial score (nSPS) is 15.6. The smallest absolute Gasteiger partial charge is 0.230 e. The van der Waals surface area contributed by atoms with Crippen LogP contribution in [0.3, 0.4) is 0 Å². The first-order valence-corrected chi connectivity index (χ1v) is 12.3. The fourth-order valence-electron chi connectivity index (χ4n) is 4.01. The van der Waals surface area contributed by atoms with Crippen molar-refractivity contribution < 1.29 is 9.53 Å². The van der Waals surface area contributed by atoms with Crippen molar-refractivity contribution in [2.45, 2.75) is 31.0 Å². The predicted octanol–water partition coefficient (Wildman–Crippen LogP) is 3.57. The number of nitrogens with one attached hydrogen (secondary N) is 1. The molecule has 0 unspecified atom stereocenters. The Morgan fingerprint density at radius 3 is 2.82 bits per heavy atom. The van der Waals surface area contributed by atoms with Crippen LogP contribution in [-0.4, -0.2) is 50.8 Å². The molecule has 3 heterocycles. The molecule has 0 spiro atoms. The van der Waals surface area contributed by atoms with Gasteiger partial charge in [-0.2, -0.15) is 0 Å². The minimum atomic E-state index is -0.0823. The molecule has 34 heavy (non-hydrogen) atoms. The summed E-state index contributed by atoms with van der Waals surface area (Å²) in [4.78, 5) is 17.1. The van der Waals surface area contributed by atoms with Crippen LogP contribution in [0.4, 0.5) is 0 Å². The highest BCUT2D eigenvalue weighted by atomic mass is 32.2. The fourth-order valence-corrected chi connectivity index (χ4v) is 4.69. The summed E-state index contributed by atoms with van der Waals surface area (Å²) >= 11 is 1.26. The summed E-state index contributed by atoms with van der Waals surface area (Å²) in [6.45, 7) is 3.36. The van der Waals surface area contributed by atoms with Crippen molar-refractivity contribution in [1.82, 2.24) is 25.2 Å². The van der Waals surface area contributed by atoms with Crippen LogP contribution in [0, 0.1) is 6.92 Å². The number of amides is 1. The number of pyridine rings is 1. The van der Waals surface area contributed by atoms with Gasteiger partial charge < -0.3 is 15.9 Å². The molecule has 4 aromatic rings. The van der Waals surface area contributed by atoms with E-state index in [9.17, 15) is 4.79 Å². The highest BCUT2D eigenvalue weighted by Crippen LogP contribution is 2.32. The molecule has 1 amide bonds. The van der Waals surface area contributed by atoms with Gasteiger partial charge in [0, 0.05) is 29.7 Å². The van der Waals surface area contributed by atoms with Gasteiger partial charge in [0.1, 0.15) is 0 Å². The van der Waals surface area contributed by atoms with Crippen LogP contribution < -0.4 is 11.2 Å². The van der Waals surface area contributed by atoms with E-state index in [0.717, 1.165) is 47.2 Å². The Labute approximate surface area is 201 Å². The summed E-state index contributed by atoms with van der Waals surface area (Å²) in [5.74, 6) is 7.04. The second kappa shape index (κ2) is 9.82. The van der Waals surface area contributed by atoms with Crippen LogP contribution >= 0.6 is 11.8 Å². The molecule has 174 valence electrons. The molecule has 9 heteroatoms. The quantitative estimate of drug-likeness (QED) is 0.311. The molecule has 8 nitrogen and oxygen atoms in total. The topological polar surface area (TPSA) is 108 Å². The highest BCUT2D eigenvalue weighted by molar-refractivity contribution is 7.99. The van der Waals surface area contributed by atoms with Gasteiger partial charge >= 0.3 is 0 Å². The van der Waals surface area contributed by atoms with E-state index in [1.807, 2.05) is 30.3 Å². The standard InChI is InChI=1S/C25H26N6O2S/c1-16-8-10-17(11-9-16)22-13-20(19-6-2-3-7-21(19)28-22)24-29-30-25(31(24)26)34-15-23(32)27-14-18-5-4-12-33-18/h2-3,6-11,13,18H,4-5,12,14-15,26H2,1H3,(H,27,32)/t18-/m1/s1. The summed E-state index contributed by atoms with van der Waals surface area (Å²) in [6, 6.07) is 18.1. The summed E-state index contributed by atoms with van der Waals surface area (Å²) < 4.78 is 6.99. The lowest BCUT2D eigenvalue weighted by atomic mass is 10.0. The van der Waals surface area contributed by atoms with Crippen molar-refractivity contribution >= 4 is 28.6 Å². The van der Waals surface area contributed by atoms with Gasteiger partial charge in [-0.15, -0.1) is 10.2 Å². The number of carbonyl (C=O) groups is 1. The third kappa shape index (κ3) is 4.76. The molecule has 2 aromatic carbocycles. The van der Waals surface area contributed by atoms with Gasteiger partial charge in [-0.05, 0) is 31.9 Å². The number of hydrogen-bond donors (Lipinski definition) is 2. The SMILES string of the molecule is Cc1ccc(-c2cc(-c3nnc(SCC(=O)NC[C@H]4CCCO4)n3N)c3ccccc3n2)cc1. The summed E-state index contributed by atoms with van der Waals surface area (Å²) in [5, 5.41) is 12.9. The van der Waals surface area contributed by atoms with E-state index < -0.39 is 0 Å². The minimum absolute atomic E-state index is 0.0823. The molecule has 0 bridgehead atoms. The van der Waals surface area contributed by atoms with Crippen LogP contribution in [0.1, 0.15) is 18.4 Å². The molecular formula is C25H26N6O2S. The van der Waals surface area contributed by atoms with Crippen molar-refractivity contribution in [2.75, 3.05) is 24.7 Å². The van der Waals surface area contributed by atoms with Crippen molar-refractivity contribution in [2.24, 2.45) is 0 Å². The lowest BCUT2D eigenvalue weighted by Crippen LogP contribution is -2.33. The Balaban J connectivity index is 1.39. The summed E-state index contributed by atoms with van der Waals surface area (Å²) in [7, 11) is 0. The third-order valence-corrected chi connectivity index (χ3v) is 6.80. The van der Waals surface area contributed by atoms with Crippen molar-refractivity contribution in [3.05, 3.63) is 60.2 Å². The van der Waals surface area contributed by atoms with Crippen LogP contribution in [-0.2, 0) is 9.53 Å². The average molecular weight is 475 g/mol. The number of aromatic nitrogens is 4. The Morgan fingerprint density at radius 1 is 1.21 bits per heavy atom. The number of thioether (sulfide) groups is 1. The fraction of sp³-hybridized carbons (Fsp3) is 0.280. The number of nitrogens with two attached hydrogens (primary N) is 1. The molecule has 1 fully saturated rings. The predicted molar refractivity (Wildman–Crippen MR) is 134 cm³/mol. The van der Waals surface area contributed by atoms with Gasteiger partial charge in [-0.1, -0.05) is 59.8 Å². The maximum Gasteiger partial charge on any atom is 0.230 e. The molecule has 1 aliphatic heterocycles. The Bertz CT molecular complexity index is 1310. The second-order valence-corrected chi connectivity index (χ2v) is 9.28. The molecule has 0 saturated carbocycles. The summed E-state index contributed by atoms with van der Waals surface area (Å²) in [5.41, 5.74) is 4.72. The number of ether oxygens (including phenoxy) is 1. The van der Waals surface area contributed by atoms with Crippen molar-refractivity contribution in [1.29, 1.82) is 0 Å². The number of aryl methyl sites for hydroxylation is 1. The summed E-state index contributed by atoms with van der Waals surface area (Å²) in [6.07, 6.45) is 2.14. The number of nitrogen functional groups attached to an aromatic ring is 1. The molecule has 1 atom stereocenters. The molecular weight excluding hydrogens is 448 g/mol. The van der Waals surface area contributed by atoms with Gasteiger partial charge in [-0.3, -0.25) is 4.79 Å². The zero-order chi connectivity index (χ0) is 23.5. The van der Waals surface area contributed by atoms with Gasteiger partial charge in [0.2, 0.25) is 11.1 Å². The van der Waals surface area contributed by atoms with Crippen LogP contribution in [0.2, 0.25) is 0 Å². The van der Waals surface area contributed by atoms with E-state index in [1.165, 1.54) is 22.0 Å². The van der Waals surface area contributed by atoms with E-state index in [0.29, 0.717) is 17.5 Å². The maximum atomic E-state index is 12.3. The van der Waals surface area contributed by atoms with Gasteiger partial charge in [-0.25, -0.2) is 9.66 Å². The number of benzene rings is 2. The monoisotopic (exact) mass is 474 g/mol. The Kier molecular flexibility index (Phi) is 6.46. The zero-order valence-electron chi connectivity index (χ0n) is 18.9. The van der Waals surface area contributed by atoms with E-state index >= 15 is 0 Å². The van der Waals surface area contributed by atoms with Crippen LogP contribution in [0.15, 0.2) is 59.8 Å². The number of rotatable bonds is 7. The molecule has 3 N–H and O–H groups in total. The number of nitrogens with zero attached hydrogens (tertiary/aromatic N) is 4. The Morgan fingerprint density at radius 2 is 2.03 bits per heavy atom. The molecule has 5 rings (SSSR count).